The van der Waals surface area contributed by atoms with Gasteiger partial charge in [0.15, 0.2) is 5.78 Å². The first-order chi connectivity index (χ1) is 7.05. The first-order valence-electron chi connectivity index (χ1n) is 5.94. The fourth-order valence-corrected chi connectivity index (χ4v) is 3.16. The predicted molar refractivity (Wildman–Crippen MR) is 62.5 cm³/mol. The molecule has 1 heteroatoms. The van der Waals surface area contributed by atoms with Gasteiger partial charge in [-0.3, -0.25) is 4.79 Å². The van der Waals surface area contributed by atoms with Crippen LogP contribution in [0.5, 0.6) is 0 Å². The van der Waals surface area contributed by atoms with E-state index >= 15 is 0 Å². The van der Waals surface area contributed by atoms with Gasteiger partial charge in [0.05, 0.1) is 0 Å². The SMILES string of the molecule is CC1=CCC2(C=CC(=O)C2C(C)C)CC1. The quantitative estimate of drug-likeness (QED) is 0.597. The van der Waals surface area contributed by atoms with E-state index in [0.29, 0.717) is 11.7 Å². The lowest BCUT2D eigenvalue weighted by Crippen LogP contribution is -2.34. The largest absolute Gasteiger partial charge is 0.295 e. The maximum atomic E-state index is 11.9. The third-order valence-corrected chi connectivity index (χ3v) is 3.99. The van der Waals surface area contributed by atoms with Crippen molar-refractivity contribution in [3.05, 3.63) is 23.8 Å². The Balaban J connectivity index is 2.28. The maximum absolute atomic E-state index is 11.9. The van der Waals surface area contributed by atoms with Gasteiger partial charge in [0, 0.05) is 11.3 Å². The molecule has 2 atom stereocenters. The molecule has 2 unspecified atom stereocenters. The molecule has 15 heavy (non-hydrogen) atoms. The highest BCUT2D eigenvalue weighted by atomic mass is 16.1. The molecule has 1 nitrogen and oxygen atoms in total. The molecule has 0 radical (unpaired) electrons. The predicted octanol–water partition coefficient (Wildman–Crippen LogP) is 3.51. The van der Waals surface area contributed by atoms with E-state index in [-0.39, 0.29) is 11.3 Å². The smallest absolute Gasteiger partial charge is 0.159 e. The van der Waals surface area contributed by atoms with Crippen LogP contribution in [-0.4, -0.2) is 5.78 Å². The molecule has 1 spiro atoms. The van der Waals surface area contributed by atoms with Gasteiger partial charge in [0.25, 0.3) is 0 Å². The Hall–Kier alpha value is -0.850. The molecule has 82 valence electrons. The van der Waals surface area contributed by atoms with Crippen molar-refractivity contribution in [2.24, 2.45) is 17.3 Å². The lowest BCUT2D eigenvalue weighted by Gasteiger charge is -2.38. The zero-order valence-corrected chi connectivity index (χ0v) is 9.92. The molecule has 0 aromatic carbocycles. The second-order valence-corrected chi connectivity index (χ2v) is 5.45. The lowest BCUT2D eigenvalue weighted by atomic mass is 9.65. The standard InChI is InChI=1S/C14H20O/c1-10(2)13-12(15)6-9-14(13)7-4-11(3)5-8-14/h4,6,9-10,13H,5,7-8H2,1-3H3. The summed E-state index contributed by atoms with van der Waals surface area (Å²) in [5, 5.41) is 0. The summed E-state index contributed by atoms with van der Waals surface area (Å²) in [5.41, 5.74) is 1.64. The topological polar surface area (TPSA) is 17.1 Å². The molecule has 0 saturated heterocycles. The van der Waals surface area contributed by atoms with E-state index in [1.165, 1.54) is 5.57 Å². The van der Waals surface area contributed by atoms with Gasteiger partial charge >= 0.3 is 0 Å². The molecular formula is C14H20O. The van der Waals surface area contributed by atoms with Crippen LogP contribution in [0.4, 0.5) is 0 Å². The average Bonchev–Trinajstić information content (AvgIpc) is 2.49. The minimum Gasteiger partial charge on any atom is -0.295 e. The number of allylic oxidation sites excluding steroid dienone is 4. The Bertz CT molecular complexity index is 335. The van der Waals surface area contributed by atoms with E-state index in [9.17, 15) is 4.79 Å². The fraction of sp³-hybridized carbons (Fsp3) is 0.643. The Morgan fingerprint density at radius 2 is 2.20 bits per heavy atom. The molecule has 0 heterocycles. The minimum atomic E-state index is 0.157. The molecule has 2 aliphatic carbocycles. The molecule has 2 aliphatic rings. The van der Waals surface area contributed by atoms with Gasteiger partial charge in [-0.05, 0) is 38.2 Å². The minimum absolute atomic E-state index is 0.157. The first kappa shape index (κ1) is 10.7. The molecule has 0 bridgehead atoms. The third kappa shape index (κ3) is 1.68. The Kier molecular flexibility index (Phi) is 2.57. The van der Waals surface area contributed by atoms with Crippen LogP contribution >= 0.6 is 0 Å². The van der Waals surface area contributed by atoms with E-state index in [2.05, 4.69) is 32.9 Å². The maximum Gasteiger partial charge on any atom is 0.159 e. The highest BCUT2D eigenvalue weighted by Crippen LogP contribution is 2.49. The van der Waals surface area contributed by atoms with Gasteiger partial charge in [-0.1, -0.05) is 31.6 Å². The van der Waals surface area contributed by atoms with E-state index in [1.54, 1.807) is 0 Å². The third-order valence-electron chi connectivity index (χ3n) is 3.99. The monoisotopic (exact) mass is 204 g/mol. The van der Waals surface area contributed by atoms with Crippen molar-refractivity contribution in [1.29, 1.82) is 0 Å². The van der Waals surface area contributed by atoms with Gasteiger partial charge in [-0.15, -0.1) is 0 Å². The highest BCUT2D eigenvalue weighted by molar-refractivity contribution is 5.95. The van der Waals surface area contributed by atoms with Crippen molar-refractivity contribution in [2.45, 2.75) is 40.0 Å². The van der Waals surface area contributed by atoms with Crippen LogP contribution in [0.15, 0.2) is 23.8 Å². The molecule has 0 saturated carbocycles. The van der Waals surface area contributed by atoms with Crippen LogP contribution < -0.4 is 0 Å². The van der Waals surface area contributed by atoms with Gasteiger partial charge in [0.2, 0.25) is 0 Å². The molecule has 0 aliphatic heterocycles. The van der Waals surface area contributed by atoms with Crippen LogP contribution in [-0.2, 0) is 4.79 Å². The van der Waals surface area contributed by atoms with Crippen molar-refractivity contribution in [1.82, 2.24) is 0 Å². The normalized spacial score (nSPS) is 35.3. The van der Waals surface area contributed by atoms with E-state index < -0.39 is 0 Å². The Morgan fingerprint density at radius 1 is 1.47 bits per heavy atom. The van der Waals surface area contributed by atoms with Gasteiger partial charge < -0.3 is 0 Å². The van der Waals surface area contributed by atoms with Crippen molar-refractivity contribution < 1.29 is 4.79 Å². The van der Waals surface area contributed by atoms with E-state index in [4.69, 9.17) is 0 Å². The van der Waals surface area contributed by atoms with Crippen molar-refractivity contribution >= 4 is 5.78 Å². The number of carbonyl (C=O) groups is 1. The molecule has 2 rings (SSSR count). The van der Waals surface area contributed by atoms with Crippen LogP contribution in [0.3, 0.4) is 0 Å². The molecule has 0 aromatic rings. The van der Waals surface area contributed by atoms with Gasteiger partial charge in [-0.2, -0.15) is 0 Å². The van der Waals surface area contributed by atoms with Gasteiger partial charge in [0.1, 0.15) is 0 Å². The van der Waals surface area contributed by atoms with Gasteiger partial charge in [-0.25, -0.2) is 0 Å². The number of ketones is 1. The summed E-state index contributed by atoms with van der Waals surface area (Å²) in [4.78, 5) is 11.9. The van der Waals surface area contributed by atoms with E-state index in [0.717, 1.165) is 19.3 Å². The second kappa shape index (κ2) is 3.62. The molecule has 0 amide bonds. The van der Waals surface area contributed by atoms with E-state index in [1.807, 2.05) is 6.08 Å². The zero-order valence-electron chi connectivity index (χ0n) is 9.92. The van der Waals surface area contributed by atoms with Crippen LogP contribution in [0.1, 0.15) is 40.0 Å². The molecule has 0 N–H and O–H groups in total. The number of hydrogen-bond acceptors (Lipinski definition) is 1. The second-order valence-electron chi connectivity index (χ2n) is 5.45. The number of rotatable bonds is 1. The van der Waals surface area contributed by atoms with Crippen LogP contribution in [0, 0.1) is 17.3 Å². The van der Waals surface area contributed by atoms with Crippen LogP contribution in [0.2, 0.25) is 0 Å². The molecular weight excluding hydrogens is 184 g/mol. The molecule has 0 aromatic heterocycles. The van der Waals surface area contributed by atoms with Crippen LogP contribution in [0.25, 0.3) is 0 Å². The summed E-state index contributed by atoms with van der Waals surface area (Å²) in [5.74, 6) is 1.03. The number of hydrogen-bond donors (Lipinski definition) is 0. The zero-order chi connectivity index (χ0) is 11.1. The molecule has 0 fully saturated rings. The summed E-state index contributed by atoms with van der Waals surface area (Å²) in [6.07, 6.45) is 9.69. The first-order valence-corrected chi connectivity index (χ1v) is 5.94. The fourth-order valence-electron chi connectivity index (χ4n) is 3.16. The summed E-state index contributed by atoms with van der Waals surface area (Å²) in [6.45, 7) is 6.53. The Labute approximate surface area is 92.3 Å². The lowest BCUT2D eigenvalue weighted by molar-refractivity contribution is -0.121. The summed E-state index contributed by atoms with van der Waals surface area (Å²) in [7, 11) is 0. The van der Waals surface area contributed by atoms with Crippen molar-refractivity contribution in [3.63, 3.8) is 0 Å². The average molecular weight is 204 g/mol. The number of carbonyl (C=O) groups excluding carboxylic acids is 1. The summed E-state index contributed by atoms with van der Waals surface area (Å²) >= 11 is 0. The van der Waals surface area contributed by atoms with Crippen molar-refractivity contribution in [3.8, 4) is 0 Å². The summed E-state index contributed by atoms with van der Waals surface area (Å²) < 4.78 is 0. The summed E-state index contributed by atoms with van der Waals surface area (Å²) in [6, 6.07) is 0. The Morgan fingerprint density at radius 3 is 2.73 bits per heavy atom. The van der Waals surface area contributed by atoms with Crippen molar-refractivity contribution in [2.75, 3.05) is 0 Å². The highest BCUT2D eigenvalue weighted by Gasteiger charge is 2.45.